The van der Waals surface area contributed by atoms with Crippen molar-refractivity contribution in [1.29, 1.82) is 0 Å². The van der Waals surface area contributed by atoms with Crippen molar-refractivity contribution in [1.82, 2.24) is 14.7 Å². The molecule has 1 saturated heterocycles. The molecule has 1 aliphatic heterocycles. The van der Waals surface area contributed by atoms with Crippen LogP contribution in [0.3, 0.4) is 0 Å². The molecule has 2 amide bonds. The van der Waals surface area contributed by atoms with E-state index < -0.39 is 12.0 Å². The average molecular weight is 257 g/mol. The van der Waals surface area contributed by atoms with Gasteiger partial charge in [-0.15, -0.1) is 0 Å². The summed E-state index contributed by atoms with van der Waals surface area (Å²) in [6.45, 7) is 0.844. The van der Waals surface area contributed by atoms with E-state index in [4.69, 9.17) is 5.11 Å². The summed E-state index contributed by atoms with van der Waals surface area (Å²) in [6.07, 6.45) is 0.0655. The number of carbonyl (C=O) groups excluding carboxylic acids is 2. The standard InChI is InChI=1S/C11H19N3O4/c1-12(2)4-5-14(7-10(16)17)8-6-9(15)13(3)11(8)18/h8H,4-7H2,1-3H3,(H,16,17). The van der Waals surface area contributed by atoms with Crippen molar-refractivity contribution in [2.45, 2.75) is 12.5 Å². The highest BCUT2D eigenvalue weighted by atomic mass is 16.4. The molecule has 0 radical (unpaired) electrons. The van der Waals surface area contributed by atoms with Crippen LogP contribution < -0.4 is 0 Å². The van der Waals surface area contributed by atoms with Crippen LogP contribution in [0, 0.1) is 0 Å². The molecule has 0 bridgehead atoms. The van der Waals surface area contributed by atoms with Crippen molar-refractivity contribution in [3.05, 3.63) is 0 Å². The number of hydrogen-bond donors (Lipinski definition) is 1. The molecule has 7 nitrogen and oxygen atoms in total. The number of amides is 2. The molecule has 1 unspecified atom stereocenters. The van der Waals surface area contributed by atoms with E-state index in [9.17, 15) is 14.4 Å². The number of carbonyl (C=O) groups is 3. The van der Waals surface area contributed by atoms with Crippen LogP contribution >= 0.6 is 0 Å². The van der Waals surface area contributed by atoms with E-state index in [0.717, 1.165) is 4.90 Å². The van der Waals surface area contributed by atoms with E-state index in [-0.39, 0.29) is 24.8 Å². The molecule has 1 atom stereocenters. The normalized spacial score (nSPS) is 20.3. The number of rotatable bonds is 6. The quantitative estimate of drug-likeness (QED) is 0.595. The molecule has 18 heavy (non-hydrogen) atoms. The molecule has 0 spiro atoms. The van der Waals surface area contributed by atoms with Gasteiger partial charge in [0.2, 0.25) is 11.8 Å². The lowest BCUT2D eigenvalue weighted by molar-refractivity contribution is -0.140. The van der Waals surface area contributed by atoms with E-state index >= 15 is 0 Å². The third kappa shape index (κ3) is 3.51. The number of carboxylic acid groups (broad SMARTS) is 1. The number of aliphatic carboxylic acids is 1. The van der Waals surface area contributed by atoms with Gasteiger partial charge in [0.1, 0.15) is 0 Å². The zero-order valence-electron chi connectivity index (χ0n) is 10.9. The molecule has 1 fully saturated rings. The molecular weight excluding hydrogens is 238 g/mol. The lowest BCUT2D eigenvalue weighted by Gasteiger charge is -2.26. The number of hydrogen-bond acceptors (Lipinski definition) is 5. The fraction of sp³-hybridized carbons (Fsp3) is 0.727. The molecule has 1 aliphatic rings. The summed E-state index contributed by atoms with van der Waals surface area (Å²) in [4.78, 5) is 38.6. The van der Waals surface area contributed by atoms with Crippen molar-refractivity contribution in [2.24, 2.45) is 0 Å². The molecule has 0 saturated carbocycles. The van der Waals surface area contributed by atoms with Crippen LogP contribution in [0.25, 0.3) is 0 Å². The van der Waals surface area contributed by atoms with E-state index in [1.807, 2.05) is 19.0 Å². The number of likely N-dealkylation sites (tertiary alicyclic amines) is 1. The second-order valence-corrected chi connectivity index (χ2v) is 4.68. The highest BCUT2D eigenvalue weighted by Crippen LogP contribution is 2.16. The van der Waals surface area contributed by atoms with Gasteiger partial charge in [-0.25, -0.2) is 0 Å². The molecule has 0 aromatic heterocycles. The third-order valence-electron chi connectivity index (χ3n) is 2.97. The lowest BCUT2D eigenvalue weighted by atomic mass is 10.2. The number of likely N-dealkylation sites (N-methyl/N-ethyl adjacent to an activating group) is 2. The highest BCUT2D eigenvalue weighted by molar-refractivity contribution is 6.05. The first-order valence-corrected chi connectivity index (χ1v) is 5.74. The molecule has 1 N–H and O–H groups in total. The summed E-state index contributed by atoms with van der Waals surface area (Å²) in [6, 6.07) is -0.640. The Kier molecular flexibility index (Phi) is 4.80. The van der Waals surface area contributed by atoms with Gasteiger partial charge in [-0.3, -0.25) is 24.2 Å². The van der Waals surface area contributed by atoms with E-state index in [2.05, 4.69) is 0 Å². The van der Waals surface area contributed by atoms with Crippen molar-refractivity contribution in [3.8, 4) is 0 Å². The smallest absolute Gasteiger partial charge is 0.317 e. The predicted octanol–water partition coefficient (Wildman–Crippen LogP) is -1.31. The topological polar surface area (TPSA) is 81.2 Å². The van der Waals surface area contributed by atoms with Gasteiger partial charge in [-0.2, -0.15) is 0 Å². The van der Waals surface area contributed by atoms with E-state index in [1.54, 1.807) is 4.90 Å². The van der Waals surface area contributed by atoms with Crippen LogP contribution in [-0.2, 0) is 14.4 Å². The Morgan fingerprint density at radius 2 is 2.00 bits per heavy atom. The van der Waals surface area contributed by atoms with Crippen LogP contribution in [0.5, 0.6) is 0 Å². The van der Waals surface area contributed by atoms with Gasteiger partial charge in [-0.1, -0.05) is 0 Å². The molecule has 1 heterocycles. The minimum atomic E-state index is -0.997. The van der Waals surface area contributed by atoms with Gasteiger partial charge in [0, 0.05) is 20.1 Å². The Morgan fingerprint density at radius 3 is 2.39 bits per heavy atom. The van der Waals surface area contributed by atoms with Gasteiger partial charge in [0.25, 0.3) is 0 Å². The molecular formula is C11H19N3O4. The second kappa shape index (κ2) is 5.92. The molecule has 0 aromatic carbocycles. The van der Waals surface area contributed by atoms with Crippen molar-refractivity contribution in [3.63, 3.8) is 0 Å². The SMILES string of the molecule is CN(C)CCN(CC(=O)O)C1CC(=O)N(C)C1=O. The van der Waals surface area contributed by atoms with Crippen LogP contribution in [0.4, 0.5) is 0 Å². The first-order chi connectivity index (χ1) is 8.32. The van der Waals surface area contributed by atoms with Crippen LogP contribution in [0.15, 0.2) is 0 Å². The van der Waals surface area contributed by atoms with Crippen molar-refractivity contribution < 1.29 is 19.5 Å². The maximum absolute atomic E-state index is 11.8. The Hall–Kier alpha value is -1.47. The third-order valence-corrected chi connectivity index (χ3v) is 2.97. The van der Waals surface area contributed by atoms with Gasteiger partial charge in [-0.05, 0) is 14.1 Å². The minimum Gasteiger partial charge on any atom is -0.480 e. The van der Waals surface area contributed by atoms with Gasteiger partial charge >= 0.3 is 5.97 Å². The van der Waals surface area contributed by atoms with Crippen LogP contribution in [0.1, 0.15) is 6.42 Å². The Morgan fingerprint density at radius 1 is 1.39 bits per heavy atom. The molecule has 102 valence electrons. The van der Waals surface area contributed by atoms with Gasteiger partial charge in [0.15, 0.2) is 0 Å². The Balaban J connectivity index is 2.73. The predicted molar refractivity (Wildman–Crippen MR) is 63.9 cm³/mol. The zero-order chi connectivity index (χ0) is 13.9. The van der Waals surface area contributed by atoms with Gasteiger partial charge in [0.05, 0.1) is 19.0 Å². The van der Waals surface area contributed by atoms with Crippen LogP contribution in [-0.4, -0.2) is 84.4 Å². The Bertz CT molecular complexity index is 356. The maximum atomic E-state index is 11.8. The van der Waals surface area contributed by atoms with Crippen LogP contribution in [0.2, 0.25) is 0 Å². The first kappa shape index (κ1) is 14.6. The summed E-state index contributed by atoms with van der Waals surface area (Å²) in [5.41, 5.74) is 0. The largest absolute Gasteiger partial charge is 0.480 e. The van der Waals surface area contributed by atoms with E-state index in [1.165, 1.54) is 7.05 Å². The molecule has 0 aromatic rings. The number of carboxylic acids is 1. The minimum absolute atomic E-state index is 0.0655. The highest BCUT2D eigenvalue weighted by Gasteiger charge is 2.40. The fourth-order valence-electron chi connectivity index (χ4n) is 1.87. The molecule has 0 aliphatic carbocycles. The number of nitrogens with zero attached hydrogens (tertiary/aromatic N) is 3. The second-order valence-electron chi connectivity index (χ2n) is 4.68. The number of imide groups is 1. The maximum Gasteiger partial charge on any atom is 0.317 e. The first-order valence-electron chi connectivity index (χ1n) is 5.74. The van der Waals surface area contributed by atoms with Crippen molar-refractivity contribution in [2.75, 3.05) is 40.8 Å². The van der Waals surface area contributed by atoms with Gasteiger partial charge < -0.3 is 10.0 Å². The Labute approximate surface area is 106 Å². The van der Waals surface area contributed by atoms with Crippen molar-refractivity contribution >= 4 is 17.8 Å². The lowest BCUT2D eigenvalue weighted by Crippen LogP contribution is -2.46. The fourth-order valence-corrected chi connectivity index (χ4v) is 1.87. The molecule has 7 heteroatoms. The van der Waals surface area contributed by atoms with E-state index in [0.29, 0.717) is 13.1 Å². The summed E-state index contributed by atoms with van der Waals surface area (Å²) in [7, 11) is 5.16. The average Bonchev–Trinajstić information content (AvgIpc) is 2.51. The summed E-state index contributed by atoms with van der Waals surface area (Å²) < 4.78 is 0. The zero-order valence-corrected chi connectivity index (χ0v) is 10.9. The summed E-state index contributed by atoms with van der Waals surface area (Å²) >= 11 is 0. The summed E-state index contributed by atoms with van der Waals surface area (Å²) in [5, 5.41) is 8.86. The monoisotopic (exact) mass is 257 g/mol. The summed E-state index contributed by atoms with van der Waals surface area (Å²) in [5.74, 6) is -1.58. The molecule has 1 rings (SSSR count).